The first kappa shape index (κ1) is 28.9. The van der Waals surface area contributed by atoms with Gasteiger partial charge in [0.2, 0.25) is 0 Å². The highest BCUT2D eigenvalue weighted by Gasteiger charge is 2.20. The lowest BCUT2D eigenvalue weighted by Crippen LogP contribution is -2.31. The van der Waals surface area contributed by atoms with Crippen LogP contribution in [0.3, 0.4) is 0 Å². The molecule has 1 fully saturated rings. The van der Waals surface area contributed by atoms with Gasteiger partial charge in [-0.2, -0.15) is 5.10 Å². The molecule has 2 heterocycles. The van der Waals surface area contributed by atoms with Crippen molar-refractivity contribution in [3.05, 3.63) is 94.1 Å². The number of hydrogen-bond acceptors (Lipinski definition) is 5. The van der Waals surface area contributed by atoms with Crippen LogP contribution in [0.2, 0.25) is 5.02 Å². The number of amides is 1. The highest BCUT2D eigenvalue weighted by atomic mass is 35.5. The van der Waals surface area contributed by atoms with Gasteiger partial charge in [0.1, 0.15) is 5.69 Å². The number of ether oxygens (including phenoxy) is 1. The highest BCUT2D eigenvalue weighted by Crippen LogP contribution is 2.31. The Bertz CT molecular complexity index is 1430. The molecule has 0 aliphatic carbocycles. The summed E-state index contributed by atoms with van der Waals surface area (Å²) in [4.78, 5) is 14.7. The number of benzene rings is 3. The van der Waals surface area contributed by atoms with Crippen LogP contribution >= 0.6 is 23.5 Å². The minimum Gasteiger partial charge on any atom is -0.379 e. The molecule has 0 unspecified atom stereocenters. The summed E-state index contributed by atoms with van der Waals surface area (Å²) in [6.07, 6.45) is 1.79. The van der Waals surface area contributed by atoms with Crippen LogP contribution in [0.15, 0.2) is 71.8 Å². The highest BCUT2D eigenvalue weighted by molar-refractivity contribution is 7.97. The molecule has 5 rings (SSSR count). The van der Waals surface area contributed by atoms with Gasteiger partial charge in [-0.15, -0.1) is 0 Å². The number of anilines is 1. The first-order chi connectivity index (χ1) is 18.9. The molecule has 0 saturated carbocycles. The topological polar surface area (TPSA) is 59.4 Å². The quantitative estimate of drug-likeness (QED) is 0.244. The molecule has 1 amide bonds. The molecule has 4 aromatic rings. The third-order valence-corrected chi connectivity index (χ3v) is 7.83. The fourth-order valence-electron chi connectivity index (χ4n) is 4.22. The van der Waals surface area contributed by atoms with Crippen LogP contribution in [-0.2, 0) is 4.74 Å². The van der Waals surface area contributed by atoms with Gasteiger partial charge in [-0.3, -0.25) is 4.79 Å². The van der Waals surface area contributed by atoms with Gasteiger partial charge >= 0.3 is 0 Å². The van der Waals surface area contributed by atoms with Crippen molar-refractivity contribution in [3.63, 3.8) is 0 Å². The summed E-state index contributed by atoms with van der Waals surface area (Å²) < 4.78 is 9.52. The molecule has 1 aliphatic heterocycles. The molecule has 39 heavy (non-hydrogen) atoms. The van der Waals surface area contributed by atoms with Crippen molar-refractivity contribution in [1.29, 1.82) is 0 Å². The van der Waals surface area contributed by atoms with E-state index in [1.807, 2.05) is 88.4 Å². The molecule has 6 nitrogen and oxygen atoms in total. The van der Waals surface area contributed by atoms with Crippen molar-refractivity contribution in [2.45, 2.75) is 39.5 Å². The molecular formula is C31H35ClN4O2S. The van der Waals surface area contributed by atoms with E-state index in [-0.39, 0.29) is 5.91 Å². The van der Waals surface area contributed by atoms with Crippen LogP contribution < -0.4 is 5.32 Å². The smallest absolute Gasteiger partial charge is 0.259 e. The van der Waals surface area contributed by atoms with Crippen molar-refractivity contribution in [1.82, 2.24) is 14.1 Å². The maximum Gasteiger partial charge on any atom is 0.259 e. The second-order valence-electron chi connectivity index (χ2n) is 9.20. The molecule has 0 radical (unpaired) electrons. The Balaban J connectivity index is 0.00000172. The summed E-state index contributed by atoms with van der Waals surface area (Å²) in [5, 5.41) is 8.60. The summed E-state index contributed by atoms with van der Waals surface area (Å²) in [5.74, 6) is -0.209. The van der Waals surface area contributed by atoms with Gasteiger partial charge in [-0.05, 0) is 74.2 Å². The Kier molecular flexibility index (Phi) is 9.86. The van der Waals surface area contributed by atoms with Gasteiger partial charge in [0.05, 0.1) is 24.5 Å². The lowest BCUT2D eigenvalue weighted by molar-refractivity contribution is 0.0773. The lowest BCUT2D eigenvalue weighted by Gasteiger charge is -2.26. The molecule has 0 bridgehead atoms. The third kappa shape index (κ3) is 7.11. The fraction of sp³-hybridized carbons (Fsp3) is 0.290. The predicted molar refractivity (Wildman–Crippen MR) is 162 cm³/mol. The number of aryl methyl sites for hydroxylation is 3. The molecule has 1 aromatic heterocycles. The zero-order valence-corrected chi connectivity index (χ0v) is 24.7. The van der Waals surface area contributed by atoms with E-state index >= 15 is 0 Å². The molecule has 0 spiro atoms. The van der Waals surface area contributed by atoms with Crippen molar-refractivity contribution in [3.8, 4) is 16.9 Å². The number of halogens is 1. The molecular weight excluding hydrogens is 528 g/mol. The van der Waals surface area contributed by atoms with Gasteiger partial charge in [0, 0.05) is 40.5 Å². The van der Waals surface area contributed by atoms with Crippen LogP contribution in [-0.4, -0.2) is 46.3 Å². The summed E-state index contributed by atoms with van der Waals surface area (Å²) in [6, 6.07) is 19.7. The summed E-state index contributed by atoms with van der Waals surface area (Å²) in [6.45, 7) is 13.3. The largest absolute Gasteiger partial charge is 0.379 e. The molecule has 1 saturated heterocycles. The standard InChI is InChI=1S/C29H29ClN4O2S.C2H6/c1-19-4-7-22(8-5-19)28-25(18-34(32-28)26-11-9-23(30)16-21(26)3)29(35)31-24-10-6-20(2)27(17-24)37-33-12-14-36-15-13-33;1-2/h4-11,16-18H,12-15H2,1-3H3,(H,31,35);1-2H3. The Morgan fingerprint density at radius 1 is 0.949 bits per heavy atom. The molecule has 204 valence electrons. The number of carbonyl (C=O) groups is 1. The van der Waals surface area contributed by atoms with Crippen LogP contribution in [0.4, 0.5) is 5.69 Å². The normalized spacial score (nSPS) is 13.5. The second kappa shape index (κ2) is 13.3. The number of rotatable bonds is 6. The number of nitrogens with one attached hydrogen (secondary N) is 1. The van der Waals surface area contributed by atoms with Crippen molar-refractivity contribution in [2.24, 2.45) is 0 Å². The number of morpholine rings is 1. The molecule has 3 aromatic carbocycles. The van der Waals surface area contributed by atoms with E-state index in [0.717, 1.165) is 59.3 Å². The summed E-state index contributed by atoms with van der Waals surface area (Å²) in [5.41, 5.74) is 6.92. The van der Waals surface area contributed by atoms with E-state index in [9.17, 15) is 4.79 Å². The van der Waals surface area contributed by atoms with Crippen molar-refractivity contribution in [2.75, 3.05) is 31.6 Å². The maximum absolute atomic E-state index is 13.6. The van der Waals surface area contributed by atoms with E-state index in [1.165, 1.54) is 5.56 Å². The van der Waals surface area contributed by atoms with Crippen LogP contribution in [0.25, 0.3) is 16.9 Å². The Morgan fingerprint density at radius 2 is 1.67 bits per heavy atom. The monoisotopic (exact) mass is 562 g/mol. The van der Waals surface area contributed by atoms with E-state index in [0.29, 0.717) is 16.3 Å². The predicted octanol–water partition coefficient (Wildman–Crippen LogP) is 7.74. The first-order valence-electron chi connectivity index (χ1n) is 13.2. The molecule has 1 N–H and O–H groups in total. The first-order valence-corrected chi connectivity index (χ1v) is 14.4. The van der Waals surface area contributed by atoms with Crippen LogP contribution in [0, 0.1) is 20.8 Å². The second-order valence-corrected chi connectivity index (χ2v) is 10.8. The minimum atomic E-state index is -0.209. The number of carbonyl (C=O) groups excluding carboxylic acids is 1. The molecule has 8 heteroatoms. The zero-order valence-electron chi connectivity index (χ0n) is 23.1. The van der Waals surface area contributed by atoms with Crippen LogP contribution in [0.5, 0.6) is 0 Å². The van der Waals surface area contributed by atoms with Gasteiger partial charge < -0.3 is 10.1 Å². The third-order valence-electron chi connectivity index (χ3n) is 6.33. The van der Waals surface area contributed by atoms with E-state index in [4.69, 9.17) is 21.4 Å². The van der Waals surface area contributed by atoms with Gasteiger partial charge in [-0.1, -0.05) is 61.3 Å². The fourth-order valence-corrected chi connectivity index (χ4v) is 5.44. The summed E-state index contributed by atoms with van der Waals surface area (Å²) >= 11 is 7.88. The average molecular weight is 563 g/mol. The van der Waals surface area contributed by atoms with E-state index in [1.54, 1.807) is 22.8 Å². The van der Waals surface area contributed by atoms with Gasteiger partial charge in [0.15, 0.2) is 0 Å². The number of hydrogen-bond donors (Lipinski definition) is 1. The van der Waals surface area contributed by atoms with Gasteiger partial charge in [0.25, 0.3) is 5.91 Å². The maximum atomic E-state index is 13.6. The Morgan fingerprint density at radius 3 is 2.36 bits per heavy atom. The molecule has 0 atom stereocenters. The zero-order chi connectivity index (χ0) is 27.9. The van der Waals surface area contributed by atoms with E-state index in [2.05, 4.69) is 16.5 Å². The number of nitrogens with zero attached hydrogens (tertiary/aromatic N) is 3. The van der Waals surface area contributed by atoms with Crippen molar-refractivity contribution >= 4 is 35.1 Å². The SMILES string of the molecule is CC.Cc1ccc(-c2nn(-c3ccc(Cl)cc3C)cc2C(=O)Nc2ccc(C)c(SN3CCOCC3)c2)cc1. The minimum absolute atomic E-state index is 0.209. The number of aromatic nitrogens is 2. The van der Waals surface area contributed by atoms with Crippen molar-refractivity contribution < 1.29 is 9.53 Å². The van der Waals surface area contributed by atoms with Gasteiger partial charge in [-0.25, -0.2) is 8.99 Å². The Hall–Kier alpha value is -3.10. The van der Waals surface area contributed by atoms with E-state index < -0.39 is 0 Å². The summed E-state index contributed by atoms with van der Waals surface area (Å²) in [7, 11) is 0. The lowest BCUT2D eigenvalue weighted by atomic mass is 10.1. The molecule has 1 aliphatic rings. The van der Waals surface area contributed by atoms with Crippen LogP contribution in [0.1, 0.15) is 40.9 Å². The Labute approximate surface area is 240 Å². The average Bonchev–Trinajstić information content (AvgIpc) is 3.38.